The second-order valence-corrected chi connectivity index (χ2v) is 6.54. The third kappa shape index (κ3) is 4.01. The van der Waals surface area contributed by atoms with E-state index in [1.54, 1.807) is 0 Å². The Kier molecular flexibility index (Phi) is 5.26. The SMILES string of the molecule is CN(C)CCOc1ccc(C[C@H]2COc3ccccc3N2C)cc1. The molecule has 1 aliphatic heterocycles. The summed E-state index contributed by atoms with van der Waals surface area (Å²) in [4.78, 5) is 4.44. The van der Waals surface area contributed by atoms with Crippen LogP contribution in [0.4, 0.5) is 5.69 Å². The number of para-hydroxylation sites is 2. The predicted octanol–water partition coefficient (Wildman–Crippen LogP) is 3.07. The quantitative estimate of drug-likeness (QED) is 0.814. The lowest BCUT2D eigenvalue weighted by atomic mass is 10.0. The molecule has 1 heterocycles. The van der Waals surface area contributed by atoms with Crippen molar-refractivity contribution in [1.82, 2.24) is 4.90 Å². The summed E-state index contributed by atoms with van der Waals surface area (Å²) >= 11 is 0. The van der Waals surface area contributed by atoms with Gasteiger partial charge < -0.3 is 19.3 Å². The molecule has 2 aromatic carbocycles. The number of likely N-dealkylation sites (N-methyl/N-ethyl adjacent to an activating group) is 2. The smallest absolute Gasteiger partial charge is 0.142 e. The Labute approximate surface area is 144 Å². The average Bonchev–Trinajstić information content (AvgIpc) is 2.59. The minimum atomic E-state index is 0.348. The Balaban J connectivity index is 1.58. The van der Waals surface area contributed by atoms with Gasteiger partial charge in [-0.1, -0.05) is 24.3 Å². The summed E-state index contributed by atoms with van der Waals surface area (Å²) in [5.74, 6) is 1.90. The van der Waals surface area contributed by atoms with Crippen LogP contribution in [-0.2, 0) is 6.42 Å². The molecule has 0 saturated heterocycles. The zero-order chi connectivity index (χ0) is 16.9. The summed E-state index contributed by atoms with van der Waals surface area (Å²) in [7, 11) is 6.24. The van der Waals surface area contributed by atoms with Crippen molar-refractivity contribution in [2.24, 2.45) is 0 Å². The maximum atomic E-state index is 5.91. The minimum absolute atomic E-state index is 0.348. The normalized spacial score (nSPS) is 16.7. The van der Waals surface area contributed by atoms with Gasteiger partial charge in [0, 0.05) is 13.6 Å². The zero-order valence-corrected chi connectivity index (χ0v) is 14.7. The van der Waals surface area contributed by atoms with Crippen molar-refractivity contribution in [3.8, 4) is 11.5 Å². The van der Waals surface area contributed by atoms with Gasteiger partial charge in [-0.25, -0.2) is 0 Å². The fourth-order valence-corrected chi connectivity index (χ4v) is 2.90. The monoisotopic (exact) mass is 326 g/mol. The first-order valence-electron chi connectivity index (χ1n) is 8.44. The van der Waals surface area contributed by atoms with Crippen molar-refractivity contribution >= 4 is 5.69 Å². The molecule has 0 N–H and O–H groups in total. The average molecular weight is 326 g/mol. The van der Waals surface area contributed by atoms with Crippen LogP contribution in [0.2, 0.25) is 0 Å². The molecule has 2 aromatic rings. The molecule has 0 aromatic heterocycles. The Morgan fingerprint density at radius 2 is 1.88 bits per heavy atom. The van der Waals surface area contributed by atoms with Crippen molar-refractivity contribution < 1.29 is 9.47 Å². The summed E-state index contributed by atoms with van der Waals surface area (Å²) in [5.41, 5.74) is 2.46. The van der Waals surface area contributed by atoms with E-state index in [-0.39, 0.29) is 0 Å². The highest BCUT2D eigenvalue weighted by molar-refractivity contribution is 5.60. The van der Waals surface area contributed by atoms with Gasteiger partial charge in [0.25, 0.3) is 0 Å². The van der Waals surface area contributed by atoms with Gasteiger partial charge in [-0.3, -0.25) is 0 Å². The molecule has 0 spiro atoms. The van der Waals surface area contributed by atoms with Crippen LogP contribution in [0.25, 0.3) is 0 Å². The molecule has 0 saturated carbocycles. The highest BCUT2D eigenvalue weighted by Crippen LogP contribution is 2.33. The van der Waals surface area contributed by atoms with Crippen LogP contribution >= 0.6 is 0 Å². The number of rotatable bonds is 6. The fraction of sp³-hybridized carbons (Fsp3) is 0.400. The first-order chi connectivity index (χ1) is 11.6. The van der Waals surface area contributed by atoms with Gasteiger partial charge in [-0.15, -0.1) is 0 Å². The van der Waals surface area contributed by atoms with E-state index in [4.69, 9.17) is 9.47 Å². The number of nitrogens with zero attached hydrogens (tertiary/aromatic N) is 2. The Morgan fingerprint density at radius 3 is 2.62 bits per heavy atom. The number of hydrogen-bond donors (Lipinski definition) is 0. The molecule has 0 bridgehead atoms. The summed E-state index contributed by atoms with van der Waals surface area (Å²) in [6.07, 6.45) is 0.961. The molecule has 128 valence electrons. The lowest BCUT2D eigenvalue weighted by molar-refractivity contribution is 0.261. The third-order valence-electron chi connectivity index (χ3n) is 4.43. The maximum absolute atomic E-state index is 5.91. The third-order valence-corrected chi connectivity index (χ3v) is 4.43. The summed E-state index contributed by atoms with van der Waals surface area (Å²) in [6.45, 7) is 2.35. The molecule has 0 amide bonds. The van der Waals surface area contributed by atoms with Crippen LogP contribution in [0.3, 0.4) is 0 Å². The molecule has 0 fully saturated rings. The fourth-order valence-electron chi connectivity index (χ4n) is 2.90. The zero-order valence-electron chi connectivity index (χ0n) is 14.7. The number of anilines is 1. The van der Waals surface area contributed by atoms with Crippen LogP contribution < -0.4 is 14.4 Å². The van der Waals surface area contributed by atoms with E-state index >= 15 is 0 Å². The highest BCUT2D eigenvalue weighted by atomic mass is 16.5. The molecule has 0 aliphatic carbocycles. The van der Waals surface area contributed by atoms with Crippen LogP contribution in [0.15, 0.2) is 48.5 Å². The molecule has 4 heteroatoms. The van der Waals surface area contributed by atoms with Gasteiger partial charge in [-0.2, -0.15) is 0 Å². The van der Waals surface area contributed by atoms with E-state index < -0.39 is 0 Å². The molecule has 4 nitrogen and oxygen atoms in total. The Morgan fingerprint density at radius 1 is 1.12 bits per heavy atom. The lowest BCUT2D eigenvalue weighted by Gasteiger charge is -2.36. The van der Waals surface area contributed by atoms with Gasteiger partial charge in [0.2, 0.25) is 0 Å². The van der Waals surface area contributed by atoms with Crippen molar-refractivity contribution in [2.45, 2.75) is 12.5 Å². The van der Waals surface area contributed by atoms with Gasteiger partial charge in [0.1, 0.15) is 24.7 Å². The summed E-state index contributed by atoms with van der Waals surface area (Å²) in [6, 6.07) is 17.0. The molecule has 0 radical (unpaired) electrons. The molecule has 0 unspecified atom stereocenters. The van der Waals surface area contributed by atoms with Gasteiger partial charge in [0.15, 0.2) is 0 Å². The molecule has 24 heavy (non-hydrogen) atoms. The van der Waals surface area contributed by atoms with Crippen LogP contribution in [0, 0.1) is 0 Å². The topological polar surface area (TPSA) is 24.9 Å². The standard InChI is InChI=1S/C20H26N2O2/c1-21(2)12-13-23-18-10-8-16(9-11-18)14-17-15-24-20-7-5-4-6-19(20)22(17)3/h4-11,17H,12-15H2,1-3H3/t17-/m0/s1. The largest absolute Gasteiger partial charge is 0.492 e. The summed E-state index contributed by atoms with van der Waals surface area (Å²) in [5, 5.41) is 0. The first-order valence-corrected chi connectivity index (χ1v) is 8.44. The second-order valence-electron chi connectivity index (χ2n) is 6.54. The molecular weight excluding hydrogens is 300 g/mol. The van der Waals surface area contributed by atoms with Gasteiger partial charge >= 0.3 is 0 Å². The number of hydrogen-bond acceptors (Lipinski definition) is 4. The predicted molar refractivity (Wildman–Crippen MR) is 98.3 cm³/mol. The second kappa shape index (κ2) is 7.58. The van der Waals surface area contributed by atoms with Crippen LogP contribution in [-0.4, -0.2) is 51.8 Å². The van der Waals surface area contributed by atoms with Crippen LogP contribution in [0.5, 0.6) is 11.5 Å². The maximum Gasteiger partial charge on any atom is 0.142 e. The van der Waals surface area contributed by atoms with E-state index in [0.29, 0.717) is 19.3 Å². The van der Waals surface area contributed by atoms with E-state index in [0.717, 1.165) is 30.2 Å². The molecule has 1 aliphatic rings. The molecular formula is C20H26N2O2. The Hall–Kier alpha value is -2.20. The molecule has 3 rings (SSSR count). The number of ether oxygens (including phenoxy) is 2. The summed E-state index contributed by atoms with van der Waals surface area (Å²) < 4.78 is 11.7. The van der Waals surface area contributed by atoms with Gasteiger partial charge in [0.05, 0.1) is 11.7 Å². The first kappa shape index (κ1) is 16.7. The number of benzene rings is 2. The van der Waals surface area contributed by atoms with E-state index in [1.807, 2.05) is 26.2 Å². The Bertz CT molecular complexity index is 655. The van der Waals surface area contributed by atoms with Crippen molar-refractivity contribution in [1.29, 1.82) is 0 Å². The van der Waals surface area contributed by atoms with Crippen molar-refractivity contribution in [3.63, 3.8) is 0 Å². The van der Waals surface area contributed by atoms with E-state index in [9.17, 15) is 0 Å². The van der Waals surface area contributed by atoms with Crippen LogP contribution in [0.1, 0.15) is 5.56 Å². The van der Waals surface area contributed by atoms with Crippen molar-refractivity contribution in [3.05, 3.63) is 54.1 Å². The van der Waals surface area contributed by atoms with E-state index in [1.165, 1.54) is 5.56 Å². The van der Waals surface area contributed by atoms with E-state index in [2.05, 4.69) is 53.2 Å². The minimum Gasteiger partial charge on any atom is -0.492 e. The molecule has 1 atom stereocenters. The highest BCUT2D eigenvalue weighted by Gasteiger charge is 2.24. The number of fused-ring (bicyclic) bond motifs is 1. The van der Waals surface area contributed by atoms with Crippen molar-refractivity contribution in [2.75, 3.05) is 45.8 Å². The van der Waals surface area contributed by atoms with Gasteiger partial charge in [-0.05, 0) is 50.3 Å². The lowest BCUT2D eigenvalue weighted by Crippen LogP contribution is -2.41.